The molecule has 1 aromatic carbocycles. The van der Waals surface area contributed by atoms with Crippen LogP contribution in [0.3, 0.4) is 0 Å². The maximum absolute atomic E-state index is 9.51. The predicted molar refractivity (Wildman–Crippen MR) is 56.1 cm³/mol. The molecular weight excluding hydrogens is 192 g/mol. The Morgan fingerprint density at radius 2 is 2.13 bits per heavy atom. The van der Waals surface area contributed by atoms with Crippen molar-refractivity contribution in [3.8, 4) is 0 Å². The third-order valence-electron chi connectivity index (χ3n) is 2.23. The highest BCUT2D eigenvalue weighted by atomic mass is 16.7. The highest BCUT2D eigenvalue weighted by Crippen LogP contribution is 2.11. The number of aliphatic hydroxyl groups is 1. The van der Waals surface area contributed by atoms with E-state index in [-0.39, 0.29) is 0 Å². The molecule has 1 aromatic rings. The average Bonchev–Trinajstić information content (AvgIpc) is 2.29. The van der Waals surface area contributed by atoms with Crippen LogP contribution in [0.4, 0.5) is 0 Å². The van der Waals surface area contributed by atoms with Crippen molar-refractivity contribution in [3.63, 3.8) is 0 Å². The van der Waals surface area contributed by atoms with Gasteiger partial charge in [0.2, 0.25) is 0 Å². The van der Waals surface area contributed by atoms with E-state index < -0.39 is 12.4 Å². The van der Waals surface area contributed by atoms with E-state index >= 15 is 0 Å². The Balaban J connectivity index is 1.85. The van der Waals surface area contributed by atoms with Crippen molar-refractivity contribution >= 4 is 0 Å². The van der Waals surface area contributed by atoms with Crippen LogP contribution in [0, 0.1) is 0 Å². The van der Waals surface area contributed by atoms with E-state index in [1.807, 2.05) is 30.3 Å². The van der Waals surface area contributed by atoms with Crippen molar-refractivity contribution in [3.05, 3.63) is 48.0 Å². The smallest absolute Gasteiger partial charge is 0.187 e. The van der Waals surface area contributed by atoms with Crippen LogP contribution in [-0.2, 0) is 16.1 Å². The van der Waals surface area contributed by atoms with Gasteiger partial charge in [-0.05, 0) is 5.56 Å². The Kier molecular flexibility index (Phi) is 3.50. The highest BCUT2D eigenvalue weighted by Gasteiger charge is 2.20. The molecule has 0 amide bonds. The number of ether oxygens (including phenoxy) is 2. The summed E-state index contributed by atoms with van der Waals surface area (Å²) in [4.78, 5) is 0. The Hall–Kier alpha value is -1.16. The first kappa shape index (κ1) is 10.4. The minimum atomic E-state index is -0.664. The molecule has 0 unspecified atom stereocenters. The van der Waals surface area contributed by atoms with Crippen LogP contribution in [0.2, 0.25) is 0 Å². The van der Waals surface area contributed by atoms with Gasteiger partial charge in [0.25, 0.3) is 0 Å². The summed E-state index contributed by atoms with van der Waals surface area (Å²) in [5.41, 5.74) is 1.07. The van der Waals surface area contributed by atoms with Gasteiger partial charge in [0.1, 0.15) is 6.10 Å². The maximum atomic E-state index is 9.51. The van der Waals surface area contributed by atoms with Crippen LogP contribution in [0.1, 0.15) is 5.56 Å². The normalized spacial score (nSPS) is 25.4. The second kappa shape index (κ2) is 5.07. The second-order valence-electron chi connectivity index (χ2n) is 3.42. The molecule has 1 heterocycles. The molecule has 0 saturated heterocycles. The summed E-state index contributed by atoms with van der Waals surface area (Å²) in [6.45, 7) is 0.951. The molecule has 0 aliphatic carbocycles. The number of aliphatic hydroxyl groups excluding tert-OH is 1. The van der Waals surface area contributed by atoms with Gasteiger partial charge in [-0.2, -0.15) is 0 Å². The molecular formula is C12H14O3. The van der Waals surface area contributed by atoms with Gasteiger partial charge >= 0.3 is 0 Å². The zero-order valence-electron chi connectivity index (χ0n) is 8.37. The van der Waals surface area contributed by atoms with E-state index in [0.29, 0.717) is 13.2 Å². The van der Waals surface area contributed by atoms with Crippen LogP contribution in [-0.4, -0.2) is 24.1 Å². The van der Waals surface area contributed by atoms with Crippen molar-refractivity contribution < 1.29 is 14.6 Å². The third-order valence-corrected chi connectivity index (χ3v) is 2.23. The van der Waals surface area contributed by atoms with Gasteiger partial charge in [0, 0.05) is 0 Å². The van der Waals surface area contributed by atoms with Gasteiger partial charge in [-0.25, -0.2) is 0 Å². The summed E-state index contributed by atoms with van der Waals surface area (Å²) in [5, 5.41) is 9.51. The molecule has 0 saturated carbocycles. The van der Waals surface area contributed by atoms with Crippen molar-refractivity contribution in [2.24, 2.45) is 0 Å². The maximum Gasteiger partial charge on any atom is 0.187 e. The molecule has 1 aliphatic heterocycles. The lowest BCUT2D eigenvalue weighted by Crippen LogP contribution is -2.33. The Bertz CT molecular complexity index is 321. The molecule has 2 atom stereocenters. The minimum Gasteiger partial charge on any atom is -0.384 e. The van der Waals surface area contributed by atoms with E-state index in [1.165, 1.54) is 0 Å². The quantitative estimate of drug-likeness (QED) is 0.761. The first-order valence-corrected chi connectivity index (χ1v) is 4.98. The van der Waals surface area contributed by atoms with E-state index in [0.717, 1.165) is 5.56 Å². The summed E-state index contributed by atoms with van der Waals surface area (Å²) < 4.78 is 10.7. The molecule has 2 rings (SSSR count). The summed E-state index contributed by atoms with van der Waals surface area (Å²) in [7, 11) is 0. The lowest BCUT2D eigenvalue weighted by atomic mass is 10.2. The fourth-order valence-corrected chi connectivity index (χ4v) is 1.43. The second-order valence-corrected chi connectivity index (χ2v) is 3.42. The molecule has 0 radical (unpaired) electrons. The van der Waals surface area contributed by atoms with Gasteiger partial charge < -0.3 is 14.6 Å². The van der Waals surface area contributed by atoms with E-state index in [2.05, 4.69) is 0 Å². The zero-order chi connectivity index (χ0) is 10.5. The summed E-state index contributed by atoms with van der Waals surface area (Å²) >= 11 is 0. The Morgan fingerprint density at radius 1 is 1.33 bits per heavy atom. The Morgan fingerprint density at radius 3 is 2.87 bits per heavy atom. The lowest BCUT2D eigenvalue weighted by Gasteiger charge is -2.24. The molecule has 15 heavy (non-hydrogen) atoms. The number of hydrogen-bond donors (Lipinski definition) is 1. The van der Waals surface area contributed by atoms with E-state index in [9.17, 15) is 5.11 Å². The van der Waals surface area contributed by atoms with Gasteiger partial charge in [-0.3, -0.25) is 0 Å². The van der Waals surface area contributed by atoms with Crippen molar-refractivity contribution in [2.45, 2.75) is 19.0 Å². The molecule has 0 spiro atoms. The molecule has 1 N–H and O–H groups in total. The fraction of sp³-hybridized carbons (Fsp3) is 0.333. The van der Waals surface area contributed by atoms with Crippen LogP contribution < -0.4 is 0 Å². The molecule has 0 aromatic heterocycles. The van der Waals surface area contributed by atoms with Gasteiger partial charge in [-0.15, -0.1) is 0 Å². The zero-order valence-corrected chi connectivity index (χ0v) is 8.37. The van der Waals surface area contributed by atoms with Crippen molar-refractivity contribution in [2.75, 3.05) is 6.61 Å². The van der Waals surface area contributed by atoms with Crippen LogP contribution in [0.15, 0.2) is 42.5 Å². The minimum absolute atomic E-state index is 0.455. The van der Waals surface area contributed by atoms with Crippen LogP contribution in [0.5, 0.6) is 0 Å². The molecule has 0 bridgehead atoms. The Labute approximate surface area is 88.9 Å². The number of benzene rings is 1. The first-order valence-electron chi connectivity index (χ1n) is 4.98. The average molecular weight is 206 g/mol. The highest BCUT2D eigenvalue weighted by molar-refractivity contribution is 5.13. The van der Waals surface area contributed by atoms with Crippen molar-refractivity contribution in [1.82, 2.24) is 0 Å². The summed E-state index contributed by atoms with van der Waals surface area (Å²) in [5.74, 6) is 0. The van der Waals surface area contributed by atoms with E-state index in [1.54, 1.807) is 12.2 Å². The molecule has 3 nitrogen and oxygen atoms in total. The van der Waals surface area contributed by atoms with Gasteiger partial charge in [0.15, 0.2) is 6.29 Å². The number of hydrogen-bond acceptors (Lipinski definition) is 3. The predicted octanol–water partition coefficient (Wildman–Crippen LogP) is 1.48. The number of rotatable bonds is 3. The van der Waals surface area contributed by atoms with Crippen molar-refractivity contribution in [1.29, 1.82) is 0 Å². The first-order chi connectivity index (χ1) is 7.36. The van der Waals surface area contributed by atoms with Gasteiger partial charge in [0.05, 0.1) is 13.2 Å². The summed E-state index contributed by atoms with van der Waals surface area (Å²) in [6, 6.07) is 9.82. The van der Waals surface area contributed by atoms with Crippen LogP contribution in [0.25, 0.3) is 0 Å². The van der Waals surface area contributed by atoms with Gasteiger partial charge in [-0.1, -0.05) is 42.5 Å². The largest absolute Gasteiger partial charge is 0.384 e. The van der Waals surface area contributed by atoms with E-state index in [4.69, 9.17) is 9.47 Å². The molecule has 0 fully saturated rings. The standard InChI is InChI=1S/C12H14O3/c13-11-7-4-8-14-12(11)15-9-10-5-2-1-3-6-10/h1-7,11-13H,8-9H2/t11-,12-/m0/s1. The monoisotopic (exact) mass is 206 g/mol. The lowest BCUT2D eigenvalue weighted by molar-refractivity contribution is -0.188. The molecule has 1 aliphatic rings. The molecule has 3 heteroatoms. The molecule has 80 valence electrons. The summed E-state index contributed by atoms with van der Waals surface area (Å²) in [6.07, 6.45) is 2.27. The fourth-order valence-electron chi connectivity index (χ4n) is 1.43. The topological polar surface area (TPSA) is 38.7 Å². The third kappa shape index (κ3) is 2.89. The van der Waals surface area contributed by atoms with Crippen LogP contribution >= 0.6 is 0 Å². The SMILES string of the molecule is O[C@H]1C=CCO[C@H]1OCc1ccccc1.